The topological polar surface area (TPSA) is 34.5 Å². The highest BCUT2D eigenvalue weighted by Crippen LogP contribution is 2.23. The fraction of sp³-hybridized carbons (Fsp3) is 0.0526. The van der Waals surface area contributed by atoms with Crippen LogP contribution in [0.4, 0.5) is 0 Å². The maximum Gasteiger partial charge on any atom is 0.157 e. The van der Waals surface area contributed by atoms with E-state index in [0.717, 1.165) is 11.1 Å². The second-order valence-corrected chi connectivity index (χ2v) is 5.95. The molecule has 0 bridgehead atoms. The normalized spacial score (nSPS) is 11.3. The van der Waals surface area contributed by atoms with Crippen LogP contribution in [0.15, 0.2) is 78.2 Å². The lowest BCUT2D eigenvalue weighted by molar-refractivity contribution is 0.340. The predicted octanol–water partition coefficient (Wildman–Crippen LogP) is 5.41. The Hall–Kier alpha value is -2.36. The largest absolute Gasteiger partial charge is 0.357 e. The molecule has 0 aliphatic carbocycles. The van der Waals surface area contributed by atoms with Crippen molar-refractivity contribution in [2.45, 2.75) is 6.42 Å². The van der Waals surface area contributed by atoms with Crippen molar-refractivity contribution in [3.63, 3.8) is 0 Å². The summed E-state index contributed by atoms with van der Waals surface area (Å²) in [6, 6.07) is 18.6. The van der Waals surface area contributed by atoms with Gasteiger partial charge in [-0.25, -0.2) is 0 Å². The van der Waals surface area contributed by atoms with Crippen LogP contribution in [-0.2, 0) is 6.42 Å². The first-order valence-corrected chi connectivity index (χ1v) is 8.11. The van der Waals surface area contributed by atoms with Crippen molar-refractivity contribution < 1.29 is 4.84 Å². The van der Waals surface area contributed by atoms with Crippen molar-refractivity contribution in [3.8, 4) is 5.75 Å². The molecule has 1 heterocycles. The Kier molecular flexibility index (Phi) is 5.47. The molecule has 0 saturated carbocycles. The fourth-order valence-electron chi connectivity index (χ4n) is 2.19. The highest BCUT2D eigenvalue weighted by molar-refractivity contribution is 6.37. The van der Waals surface area contributed by atoms with Gasteiger partial charge in [-0.05, 0) is 35.9 Å². The molecule has 0 spiro atoms. The van der Waals surface area contributed by atoms with Crippen LogP contribution >= 0.6 is 23.2 Å². The van der Waals surface area contributed by atoms with E-state index in [1.165, 1.54) is 0 Å². The molecule has 0 saturated heterocycles. The van der Waals surface area contributed by atoms with Crippen molar-refractivity contribution >= 4 is 28.9 Å². The maximum absolute atomic E-state index is 6.34. The van der Waals surface area contributed by atoms with Crippen LogP contribution in [0.3, 0.4) is 0 Å². The van der Waals surface area contributed by atoms with E-state index < -0.39 is 0 Å². The molecule has 3 nitrogen and oxygen atoms in total. The van der Waals surface area contributed by atoms with Gasteiger partial charge in [-0.15, -0.1) is 0 Å². The molecule has 24 heavy (non-hydrogen) atoms. The van der Waals surface area contributed by atoms with Gasteiger partial charge in [-0.1, -0.05) is 58.7 Å². The standard InChI is InChI=1S/C19H14Cl2N2O/c20-15-8-9-17(18(21)12-15)19(11-14-5-4-10-22-13-14)23-24-16-6-2-1-3-7-16/h1-10,12-13H,11H2. The molecule has 0 fully saturated rings. The van der Waals surface area contributed by atoms with Gasteiger partial charge in [-0.2, -0.15) is 0 Å². The van der Waals surface area contributed by atoms with E-state index in [4.69, 9.17) is 28.0 Å². The fourth-order valence-corrected chi connectivity index (χ4v) is 2.70. The Balaban J connectivity index is 1.93. The first kappa shape index (κ1) is 16.5. The number of benzene rings is 2. The second kappa shape index (κ2) is 7.95. The smallest absolute Gasteiger partial charge is 0.157 e. The summed E-state index contributed by atoms with van der Waals surface area (Å²) >= 11 is 12.3. The summed E-state index contributed by atoms with van der Waals surface area (Å²) in [7, 11) is 0. The summed E-state index contributed by atoms with van der Waals surface area (Å²) in [4.78, 5) is 9.69. The van der Waals surface area contributed by atoms with Crippen molar-refractivity contribution in [1.29, 1.82) is 0 Å². The molecule has 0 amide bonds. The lowest BCUT2D eigenvalue weighted by atomic mass is 10.0. The maximum atomic E-state index is 6.34. The number of pyridine rings is 1. The predicted molar refractivity (Wildman–Crippen MR) is 98.0 cm³/mol. The highest BCUT2D eigenvalue weighted by Gasteiger charge is 2.11. The summed E-state index contributed by atoms with van der Waals surface area (Å²) in [6.07, 6.45) is 4.07. The molecule has 0 N–H and O–H groups in total. The summed E-state index contributed by atoms with van der Waals surface area (Å²) in [6.45, 7) is 0. The molecule has 120 valence electrons. The molecule has 5 heteroatoms. The molecule has 0 aliphatic heterocycles. The number of nitrogens with zero attached hydrogens (tertiary/aromatic N) is 2. The SMILES string of the molecule is Clc1ccc(C(Cc2cccnc2)=NOc2ccccc2)c(Cl)c1. The van der Waals surface area contributed by atoms with Crippen LogP contribution in [0.5, 0.6) is 5.75 Å². The zero-order chi connectivity index (χ0) is 16.8. The van der Waals surface area contributed by atoms with E-state index >= 15 is 0 Å². The van der Waals surface area contributed by atoms with Gasteiger partial charge in [0.1, 0.15) is 0 Å². The molecule has 0 atom stereocenters. The average Bonchev–Trinajstić information content (AvgIpc) is 2.61. The summed E-state index contributed by atoms with van der Waals surface area (Å²) < 4.78 is 0. The van der Waals surface area contributed by atoms with Gasteiger partial charge in [0.25, 0.3) is 0 Å². The van der Waals surface area contributed by atoms with E-state index in [9.17, 15) is 0 Å². The van der Waals surface area contributed by atoms with Gasteiger partial charge in [0, 0.05) is 29.4 Å². The van der Waals surface area contributed by atoms with Gasteiger partial charge in [-0.3, -0.25) is 4.98 Å². The van der Waals surface area contributed by atoms with E-state index in [0.29, 0.717) is 27.9 Å². The second-order valence-electron chi connectivity index (χ2n) is 5.10. The lowest BCUT2D eigenvalue weighted by Crippen LogP contribution is -2.08. The number of halogens is 2. The van der Waals surface area contributed by atoms with Crippen molar-refractivity contribution in [1.82, 2.24) is 4.98 Å². The number of aromatic nitrogens is 1. The molecule has 2 aromatic carbocycles. The Morgan fingerprint density at radius 2 is 1.83 bits per heavy atom. The zero-order valence-corrected chi connectivity index (χ0v) is 14.2. The number of rotatable bonds is 5. The van der Waals surface area contributed by atoms with Crippen LogP contribution in [0.1, 0.15) is 11.1 Å². The molecule has 3 aromatic rings. The van der Waals surface area contributed by atoms with Gasteiger partial charge in [0.05, 0.1) is 10.7 Å². The van der Waals surface area contributed by atoms with Crippen molar-refractivity contribution in [3.05, 3.63) is 94.2 Å². The van der Waals surface area contributed by atoms with E-state index in [2.05, 4.69) is 10.1 Å². The minimum absolute atomic E-state index is 0.529. The first-order valence-electron chi connectivity index (χ1n) is 7.35. The quantitative estimate of drug-likeness (QED) is 0.452. The van der Waals surface area contributed by atoms with E-state index in [1.54, 1.807) is 24.5 Å². The van der Waals surface area contributed by atoms with Crippen LogP contribution in [0, 0.1) is 0 Å². The molecule has 3 rings (SSSR count). The summed E-state index contributed by atoms with van der Waals surface area (Å²) in [5.41, 5.74) is 2.49. The monoisotopic (exact) mass is 356 g/mol. The first-order chi connectivity index (χ1) is 11.7. The molecule has 0 aliphatic rings. The summed E-state index contributed by atoms with van der Waals surface area (Å²) in [5.74, 6) is 0.659. The van der Waals surface area contributed by atoms with Crippen LogP contribution in [0.2, 0.25) is 10.0 Å². The Bertz CT molecular complexity index is 837. The average molecular weight is 357 g/mol. The van der Waals surface area contributed by atoms with Gasteiger partial charge >= 0.3 is 0 Å². The third kappa shape index (κ3) is 4.34. The number of para-hydroxylation sites is 1. The van der Waals surface area contributed by atoms with Gasteiger partial charge in [0.2, 0.25) is 0 Å². The van der Waals surface area contributed by atoms with Gasteiger partial charge < -0.3 is 4.84 Å². The number of oxime groups is 1. The molecule has 0 unspecified atom stereocenters. The van der Waals surface area contributed by atoms with Crippen LogP contribution in [0.25, 0.3) is 0 Å². The van der Waals surface area contributed by atoms with Crippen LogP contribution in [-0.4, -0.2) is 10.7 Å². The van der Waals surface area contributed by atoms with Crippen molar-refractivity contribution in [2.75, 3.05) is 0 Å². The third-order valence-corrected chi connectivity index (χ3v) is 3.89. The van der Waals surface area contributed by atoms with Gasteiger partial charge in [0.15, 0.2) is 5.75 Å². The minimum Gasteiger partial charge on any atom is -0.357 e. The molecule has 1 aromatic heterocycles. The molecular formula is C19H14Cl2N2O. The highest BCUT2D eigenvalue weighted by atomic mass is 35.5. The van der Waals surface area contributed by atoms with Crippen molar-refractivity contribution in [2.24, 2.45) is 5.16 Å². The minimum atomic E-state index is 0.529. The lowest BCUT2D eigenvalue weighted by Gasteiger charge is -2.09. The Labute approximate surface area is 150 Å². The zero-order valence-electron chi connectivity index (χ0n) is 12.7. The Morgan fingerprint density at radius 3 is 2.54 bits per heavy atom. The molecule has 0 radical (unpaired) electrons. The third-order valence-electron chi connectivity index (χ3n) is 3.34. The number of hydrogen-bond acceptors (Lipinski definition) is 3. The Morgan fingerprint density at radius 1 is 1.00 bits per heavy atom. The van der Waals surface area contributed by atoms with Crippen LogP contribution < -0.4 is 4.84 Å². The molecular weight excluding hydrogens is 343 g/mol. The van der Waals surface area contributed by atoms with E-state index in [-0.39, 0.29) is 0 Å². The van der Waals surface area contributed by atoms with E-state index in [1.807, 2.05) is 48.5 Å². The number of hydrogen-bond donors (Lipinski definition) is 0. The summed E-state index contributed by atoms with van der Waals surface area (Å²) in [5, 5.41) is 5.42.